The summed E-state index contributed by atoms with van der Waals surface area (Å²) in [6, 6.07) is 15.4. The van der Waals surface area contributed by atoms with E-state index in [-0.39, 0.29) is 30.3 Å². The molecule has 0 spiro atoms. The van der Waals surface area contributed by atoms with Gasteiger partial charge in [-0.25, -0.2) is 4.98 Å². The van der Waals surface area contributed by atoms with Crippen molar-refractivity contribution < 1.29 is 27.4 Å². The van der Waals surface area contributed by atoms with Crippen LogP contribution in [0.1, 0.15) is 37.1 Å². The summed E-state index contributed by atoms with van der Waals surface area (Å²) in [4.78, 5) is 20.2. The minimum Gasteiger partial charge on any atom is -0.406 e. The molecule has 2 fully saturated rings. The topological polar surface area (TPSA) is 68.6 Å². The van der Waals surface area contributed by atoms with Gasteiger partial charge in [-0.3, -0.25) is 4.79 Å². The normalized spacial score (nSPS) is 18.9. The van der Waals surface area contributed by atoms with Crippen molar-refractivity contribution in [2.24, 2.45) is 0 Å². The van der Waals surface area contributed by atoms with Crippen LogP contribution in [0.25, 0.3) is 11.4 Å². The van der Waals surface area contributed by atoms with Crippen LogP contribution >= 0.6 is 0 Å². The number of hydrogen-bond donors (Lipinski definition) is 1. The van der Waals surface area contributed by atoms with Gasteiger partial charge in [-0.1, -0.05) is 42.5 Å². The van der Waals surface area contributed by atoms with Gasteiger partial charge in [0.1, 0.15) is 17.7 Å². The largest absolute Gasteiger partial charge is 0.573 e. The maximum atomic E-state index is 13.4. The van der Waals surface area contributed by atoms with Crippen LogP contribution in [0.2, 0.25) is 0 Å². The van der Waals surface area contributed by atoms with E-state index in [0.717, 1.165) is 24.9 Å². The number of ether oxygens (including phenoxy) is 2. The van der Waals surface area contributed by atoms with Crippen molar-refractivity contribution in [1.82, 2.24) is 19.8 Å². The van der Waals surface area contributed by atoms with E-state index in [9.17, 15) is 18.0 Å². The predicted molar refractivity (Wildman–Crippen MR) is 131 cm³/mol. The fourth-order valence-electron chi connectivity index (χ4n) is 4.69. The van der Waals surface area contributed by atoms with Crippen molar-refractivity contribution in [3.05, 3.63) is 72.1 Å². The fraction of sp³-hybridized carbons (Fsp3) is 0.407. The Morgan fingerprint density at radius 2 is 2.00 bits per heavy atom. The molecule has 5 rings (SSSR count). The molecule has 10 heteroatoms. The number of imidazole rings is 1. The zero-order valence-corrected chi connectivity index (χ0v) is 20.4. The maximum Gasteiger partial charge on any atom is 0.573 e. The Bertz CT molecular complexity index is 1220. The summed E-state index contributed by atoms with van der Waals surface area (Å²) >= 11 is 0. The lowest BCUT2D eigenvalue weighted by molar-refractivity contribution is -0.274. The molecule has 3 aromatic rings. The summed E-state index contributed by atoms with van der Waals surface area (Å²) in [5.41, 5.74) is 2.21. The molecule has 1 amide bonds. The number of aromatic nitrogens is 2. The lowest BCUT2D eigenvalue weighted by atomic mass is 10.1. The Morgan fingerprint density at radius 1 is 1.22 bits per heavy atom. The van der Waals surface area contributed by atoms with E-state index in [1.807, 2.05) is 52.9 Å². The molecule has 1 aromatic heterocycles. The van der Waals surface area contributed by atoms with Gasteiger partial charge < -0.3 is 24.3 Å². The molecule has 2 heterocycles. The number of rotatable bonds is 8. The second kappa shape index (κ2) is 10.5. The highest BCUT2D eigenvalue weighted by atomic mass is 19.4. The van der Waals surface area contributed by atoms with Crippen LogP contribution in [0, 0.1) is 0 Å². The molecule has 196 valence electrons. The number of carbonyl (C=O) groups excluding carboxylic acids is 1. The molecule has 7 nitrogen and oxygen atoms in total. The average molecular weight is 515 g/mol. The van der Waals surface area contributed by atoms with Gasteiger partial charge in [0.15, 0.2) is 0 Å². The lowest BCUT2D eigenvalue weighted by Crippen LogP contribution is -2.50. The van der Waals surface area contributed by atoms with Gasteiger partial charge in [0.05, 0.1) is 18.3 Å². The number of nitrogens with zero attached hydrogens (tertiary/aromatic N) is 3. The average Bonchev–Trinajstić information content (AvgIpc) is 3.63. The zero-order valence-electron chi connectivity index (χ0n) is 20.4. The number of hydrogen-bond acceptors (Lipinski definition) is 5. The smallest absolute Gasteiger partial charge is 0.406 e. The summed E-state index contributed by atoms with van der Waals surface area (Å²) in [7, 11) is 0. The number of morpholine rings is 1. The lowest BCUT2D eigenvalue weighted by Gasteiger charge is -2.33. The van der Waals surface area contributed by atoms with Crippen LogP contribution in [-0.2, 0) is 16.1 Å². The summed E-state index contributed by atoms with van der Waals surface area (Å²) in [6.45, 7) is 3.95. The van der Waals surface area contributed by atoms with Crippen molar-refractivity contribution in [3.63, 3.8) is 0 Å². The van der Waals surface area contributed by atoms with Crippen LogP contribution in [0.5, 0.6) is 5.75 Å². The molecule has 1 aliphatic carbocycles. The summed E-state index contributed by atoms with van der Waals surface area (Å²) in [6.07, 6.45) is -1.53. The molecule has 1 saturated carbocycles. The molecule has 1 N–H and O–H groups in total. The molecule has 37 heavy (non-hydrogen) atoms. The third-order valence-electron chi connectivity index (χ3n) is 6.56. The second-order valence-corrected chi connectivity index (χ2v) is 9.39. The van der Waals surface area contributed by atoms with Gasteiger partial charge in [0.2, 0.25) is 0 Å². The number of halogens is 3. The van der Waals surface area contributed by atoms with Crippen molar-refractivity contribution in [2.75, 3.05) is 19.7 Å². The zero-order chi connectivity index (χ0) is 26.0. The predicted octanol–water partition coefficient (Wildman–Crippen LogP) is 4.54. The van der Waals surface area contributed by atoms with E-state index in [1.54, 1.807) is 6.07 Å². The molecule has 0 unspecified atom stereocenters. The van der Waals surface area contributed by atoms with Crippen molar-refractivity contribution in [3.8, 4) is 17.1 Å². The summed E-state index contributed by atoms with van der Waals surface area (Å²) < 4.78 is 50.0. The maximum absolute atomic E-state index is 13.4. The molecule has 2 aromatic carbocycles. The summed E-state index contributed by atoms with van der Waals surface area (Å²) in [5.74, 6) is 0.352. The van der Waals surface area contributed by atoms with Gasteiger partial charge in [-0.2, -0.15) is 0 Å². The SMILES string of the molecule is C[C@H](c1cn(Cc2cccc(OC(F)(F)F)c2)c(-c2ccccc2)n1)N(C(=O)[C@H]1CNCCO1)C1CC1. The van der Waals surface area contributed by atoms with Gasteiger partial charge in [0.25, 0.3) is 5.91 Å². The Hall–Kier alpha value is -3.37. The minimum atomic E-state index is -4.76. The van der Waals surface area contributed by atoms with E-state index < -0.39 is 12.5 Å². The first-order chi connectivity index (χ1) is 17.8. The highest BCUT2D eigenvalue weighted by molar-refractivity contribution is 5.82. The van der Waals surface area contributed by atoms with E-state index in [2.05, 4.69) is 10.1 Å². The number of nitrogens with one attached hydrogen (secondary N) is 1. The van der Waals surface area contributed by atoms with E-state index >= 15 is 0 Å². The molecule has 1 saturated heterocycles. The van der Waals surface area contributed by atoms with Crippen LogP contribution in [0.15, 0.2) is 60.8 Å². The van der Waals surface area contributed by atoms with Crippen LogP contribution in [-0.4, -0.2) is 58.6 Å². The van der Waals surface area contributed by atoms with E-state index in [4.69, 9.17) is 9.72 Å². The van der Waals surface area contributed by atoms with Crippen molar-refractivity contribution in [1.29, 1.82) is 0 Å². The van der Waals surface area contributed by atoms with Gasteiger partial charge >= 0.3 is 6.36 Å². The summed E-state index contributed by atoms with van der Waals surface area (Å²) in [5, 5.41) is 3.22. The third kappa shape index (κ3) is 6.14. The Kier molecular flexibility index (Phi) is 7.21. The third-order valence-corrected chi connectivity index (χ3v) is 6.56. The molecular weight excluding hydrogens is 485 g/mol. The number of benzene rings is 2. The van der Waals surface area contributed by atoms with Gasteiger partial charge in [-0.05, 0) is 37.5 Å². The van der Waals surface area contributed by atoms with Crippen LogP contribution in [0.3, 0.4) is 0 Å². The molecule has 1 aliphatic heterocycles. The first kappa shape index (κ1) is 25.3. The Balaban J connectivity index is 1.45. The molecule has 2 aliphatic rings. The van der Waals surface area contributed by atoms with E-state index in [0.29, 0.717) is 30.2 Å². The first-order valence-corrected chi connectivity index (χ1v) is 12.4. The number of alkyl halides is 3. The van der Waals surface area contributed by atoms with E-state index in [1.165, 1.54) is 18.2 Å². The Morgan fingerprint density at radius 3 is 2.68 bits per heavy atom. The number of amides is 1. The molecular formula is C27H29F3N4O3. The standard InChI is InChI=1S/C27H29F3N4O3/c1-18(34(21-10-11-21)26(35)24-15-31-12-13-36-24)23-17-33(25(32-23)20-7-3-2-4-8-20)16-19-6-5-9-22(14-19)37-27(28,29)30/h2-9,14,17-18,21,24,31H,10-13,15-16H2,1H3/t18-,24-/m1/s1. The molecule has 0 bridgehead atoms. The highest BCUT2D eigenvalue weighted by Crippen LogP contribution is 2.36. The first-order valence-electron chi connectivity index (χ1n) is 12.4. The monoisotopic (exact) mass is 514 g/mol. The highest BCUT2D eigenvalue weighted by Gasteiger charge is 2.40. The molecule has 0 radical (unpaired) electrons. The fourth-order valence-corrected chi connectivity index (χ4v) is 4.69. The van der Waals surface area contributed by atoms with Crippen LogP contribution < -0.4 is 10.1 Å². The van der Waals surface area contributed by atoms with Gasteiger partial charge in [-0.15, -0.1) is 13.2 Å². The van der Waals surface area contributed by atoms with Crippen LogP contribution in [0.4, 0.5) is 13.2 Å². The van der Waals surface area contributed by atoms with Gasteiger partial charge in [0, 0.05) is 37.4 Å². The van der Waals surface area contributed by atoms with Crippen molar-refractivity contribution >= 4 is 5.91 Å². The molecule has 2 atom stereocenters. The minimum absolute atomic E-state index is 0.0463. The number of carbonyl (C=O) groups is 1. The Labute approximate surface area is 213 Å². The quantitative estimate of drug-likeness (QED) is 0.478. The van der Waals surface area contributed by atoms with Crippen molar-refractivity contribution in [2.45, 2.75) is 50.9 Å². The second-order valence-electron chi connectivity index (χ2n) is 9.39.